The quantitative estimate of drug-likeness (QED) is 0.591. The van der Waals surface area contributed by atoms with Gasteiger partial charge in [0.25, 0.3) is 0 Å². The molecule has 1 heterocycles. The fourth-order valence-corrected chi connectivity index (χ4v) is 1.70. The van der Waals surface area contributed by atoms with E-state index in [2.05, 4.69) is 23.5 Å². The van der Waals surface area contributed by atoms with Crippen LogP contribution < -0.4 is 11.3 Å². The predicted molar refractivity (Wildman–Crippen MR) is 73.1 cm³/mol. The summed E-state index contributed by atoms with van der Waals surface area (Å²) in [6, 6.07) is 2.23. The number of rotatable bonds is 6. The zero-order valence-electron chi connectivity index (χ0n) is 12.2. The van der Waals surface area contributed by atoms with Crippen molar-refractivity contribution in [3.05, 3.63) is 17.5 Å². The van der Waals surface area contributed by atoms with Crippen LogP contribution in [0.15, 0.2) is 6.07 Å². The topological polar surface area (TPSA) is 65.1 Å². The number of ether oxygens (including phenoxy) is 1. The van der Waals surface area contributed by atoms with Gasteiger partial charge in [0, 0.05) is 25.2 Å². The molecule has 0 amide bonds. The zero-order chi connectivity index (χ0) is 13.8. The maximum atomic E-state index is 5.76. The molecular formula is C13H26N4O. The fraction of sp³-hybridized carbons (Fsp3) is 0.769. The second-order valence-electron chi connectivity index (χ2n) is 5.60. The number of hydrazine groups is 1. The molecule has 0 aromatic carbocycles. The average Bonchev–Trinajstić information content (AvgIpc) is 2.64. The van der Waals surface area contributed by atoms with E-state index >= 15 is 0 Å². The van der Waals surface area contributed by atoms with Crippen LogP contribution in [-0.4, -0.2) is 28.0 Å². The number of nitrogens with one attached hydrogen (secondary N) is 1. The van der Waals surface area contributed by atoms with E-state index in [1.807, 2.05) is 32.5 Å². The number of hydrogen-bond acceptors (Lipinski definition) is 4. The van der Waals surface area contributed by atoms with Gasteiger partial charge < -0.3 is 4.74 Å². The zero-order valence-corrected chi connectivity index (χ0v) is 12.2. The van der Waals surface area contributed by atoms with Crippen molar-refractivity contribution in [2.24, 2.45) is 12.9 Å². The molecule has 18 heavy (non-hydrogen) atoms. The van der Waals surface area contributed by atoms with Crippen LogP contribution in [0.3, 0.4) is 0 Å². The number of aromatic nitrogens is 2. The van der Waals surface area contributed by atoms with Gasteiger partial charge in [-0.1, -0.05) is 6.92 Å². The molecule has 0 spiro atoms. The van der Waals surface area contributed by atoms with E-state index in [0.717, 1.165) is 18.5 Å². The number of nitrogens with zero attached hydrogens (tertiary/aromatic N) is 2. The second kappa shape index (κ2) is 6.31. The molecule has 3 N–H and O–H groups in total. The second-order valence-corrected chi connectivity index (χ2v) is 5.60. The first-order chi connectivity index (χ1) is 8.35. The Morgan fingerprint density at radius 1 is 1.50 bits per heavy atom. The molecule has 0 aliphatic carbocycles. The highest BCUT2D eigenvalue weighted by molar-refractivity contribution is 5.11. The van der Waals surface area contributed by atoms with Crippen LogP contribution in [0, 0.1) is 0 Å². The summed E-state index contributed by atoms with van der Waals surface area (Å²) in [7, 11) is 1.96. The SMILES string of the molecule is CCc1cc(CC(COC(C)(C)C)NN)n(C)n1. The summed E-state index contributed by atoms with van der Waals surface area (Å²) in [6.45, 7) is 8.82. The molecule has 0 radical (unpaired) electrons. The third-order valence-electron chi connectivity index (χ3n) is 2.80. The standard InChI is InChI=1S/C13H26N4O/c1-6-10-7-12(17(5)16-10)8-11(15-14)9-18-13(2,3)4/h7,11,15H,6,8-9,14H2,1-5H3. The monoisotopic (exact) mass is 254 g/mol. The van der Waals surface area contributed by atoms with Crippen LogP contribution in [0.25, 0.3) is 0 Å². The van der Waals surface area contributed by atoms with Gasteiger partial charge in [0.15, 0.2) is 0 Å². The predicted octanol–water partition coefficient (Wildman–Crippen LogP) is 1.17. The molecule has 104 valence electrons. The molecule has 1 aromatic heterocycles. The Balaban J connectivity index is 2.59. The molecule has 1 unspecified atom stereocenters. The number of nitrogens with two attached hydrogens (primary N) is 1. The van der Waals surface area contributed by atoms with Crippen molar-refractivity contribution in [2.45, 2.75) is 52.2 Å². The highest BCUT2D eigenvalue weighted by Crippen LogP contribution is 2.10. The Hall–Kier alpha value is -0.910. The maximum absolute atomic E-state index is 5.76. The minimum absolute atomic E-state index is 0.101. The van der Waals surface area contributed by atoms with Crippen LogP contribution in [0.1, 0.15) is 39.1 Å². The van der Waals surface area contributed by atoms with Crippen LogP contribution in [-0.2, 0) is 24.6 Å². The Bertz CT molecular complexity index is 368. The molecule has 0 bridgehead atoms. The lowest BCUT2D eigenvalue weighted by Gasteiger charge is -2.24. The largest absolute Gasteiger partial charge is 0.374 e. The van der Waals surface area contributed by atoms with Crippen LogP contribution >= 0.6 is 0 Å². The Labute approximate surface area is 110 Å². The maximum Gasteiger partial charge on any atom is 0.0644 e. The van der Waals surface area contributed by atoms with E-state index in [-0.39, 0.29) is 11.6 Å². The summed E-state index contributed by atoms with van der Waals surface area (Å²) in [5.41, 5.74) is 4.95. The fourth-order valence-electron chi connectivity index (χ4n) is 1.70. The highest BCUT2D eigenvalue weighted by atomic mass is 16.5. The van der Waals surface area contributed by atoms with Gasteiger partial charge in [0.1, 0.15) is 0 Å². The van der Waals surface area contributed by atoms with E-state index < -0.39 is 0 Å². The van der Waals surface area contributed by atoms with Crippen LogP contribution in [0.5, 0.6) is 0 Å². The smallest absolute Gasteiger partial charge is 0.0644 e. The Morgan fingerprint density at radius 3 is 2.61 bits per heavy atom. The van der Waals surface area contributed by atoms with E-state index in [4.69, 9.17) is 10.6 Å². The molecule has 5 heteroatoms. The van der Waals surface area contributed by atoms with Gasteiger partial charge in [0.05, 0.1) is 17.9 Å². The molecule has 1 atom stereocenters. The van der Waals surface area contributed by atoms with Crippen molar-refractivity contribution in [1.29, 1.82) is 0 Å². The van der Waals surface area contributed by atoms with Crippen molar-refractivity contribution < 1.29 is 4.74 Å². The van der Waals surface area contributed by atoms with E-state index in [9.17, 15) is 0 Å². The normalized spacial score (nSPS) is 13.9. The van der Waals surface area contributed by atoms with Gasteiger partial charge in [-0.2, -0.15) is 5.10 Å². The Morgan fingerprint density at radius 2 is 2.17 bits per heavy atom. The minimum atomic E-state index is -0.143. The first kappa shape index (κ1) is 15.1. The van der Waals surface area contributed by atoms with Gasteiger partial charge in [-0.3, -0.25) is 16.0 Å². The van der Waals surface area contributed by atoms with Crippen LogP contribution in [0.2, 0.25) is 0 Å². The average molecular weight is 254 g/mol. The van der Waals surface area contributed by atoms with Crippen molar-refractivity contribution in [3.63, 3.8) is 0 Å². The van der Waals surface area contributed by atoms with Crippen molar-refractivity contribution >= 4 is 0 Å². The molecule has 0 fully saturated rings. The summed E-state index contributed by atoms with van der Waals surface area (Å²) < 4.78 is 7.67. The molecule has 5 nitrogen and oxygen atoms in total. The lowest BCUT2D eigenvalue weighted by atomic mass is 10.1. The lowest BCUT2D eigenvalue weighted by molar-refractivity contribution is -0.0145. The summed E-state index contributed by atoms with van der Waals surface area (Å²) in [5, 5.41) is 4.43. The van der Waals surface area contributed by atoms with E-state index in [1.165, 1.54) is 5.69 Å². The van der Waals surface area contributed by atoms with Gasteiger partial charge in [-0.15, -0.1) is 0 Å². The molecule has 0 saturated carbocycles. The highest BCUT2D eigenvalue weighted by Gasteiger charge is 2.16. The molecule has 1 aromatic rings. The third kappa shape index (κ3) is 4.76. The van der Waals surface area contributed by atoms with Gasteiger partial charge in [-0.05, 0) is 33.3 Å². The Kier molecular flexibility index (Phi) is 5.31. The van der Waals surface area contributed by atoms with E-state index in [0.29, 0.717) is 6.61 Å². The molecule has 0 saturated heterocycles. The summed E-state index contributed by atoms with van der Waals surface area (Å²) in [4.78, 5) is 0. The number of aryl methyl sites for hydroxylation is 2. The molecule has 0 aliphatic heterocycles. The van der Waals surface area contributed by atoms with Crippen molar-refractivity contribution in [2.75, 3.05) is 6.61 Å². The summed E-state index contributed by atoms with van der Waals surface area (Å²) in [5.74, 6) is 5.58. The van der Waals surface area contributed by atoms with Crippen molar-refractivity contribution in [1.82, 2.24) is 15.2 Å². The number of hydrogen-bond donors (Lipinski definition) is 2. The summed E-state index contributed by atoms with van der Waals surface area (Å²) in [6.07, 6.45) is 1.77. The van der Waals surface area contributed by atoms with Crippen LogP contribution in [0.4, 0.5) is 0 Å². The summed E-state index contributed by atoms with van der Waals surface area (Å²) >= 11 is 0. The van der Waals surface area contributed by atoms with Gasteiger partial charge >= 0.3 is 0 Å². The van der Waals surface area contributed by atoms with Gasteiger partial charge in [-0.25, -0.2) is 0 Å². The first-order valence-corrected chi connectivity index (χ1v) is 6.47. The van der Waals surface area contributed by atoms with E-state index in [1.54, 1.807) is 0 Å². The van der Waals surface area contributed by atoms with Crippen molar-refractivity contribution in [3.8, 4) is 0 Å². The van der Waals surface area contributed by atoms with Gasteiger partial charge in [0.2, 0.25) is 0 Å². The third-order valence-corrected chi connectivity index (χ3v) is 2.80. The lowest BCUT2D eigenvalue weighted by Crippen LogP contribution is -2.42. The molecular weight excluding hydrogens is 228 g/mol. The minimum Gasteiger partial charge on any atom is -0.374 e. The first-order valence-electron chi connectivity index (χ1n) is 6.47. The molecule has 1 rings (SSSR count). The molecule has 0 aliphatic rings.